The zero-order valence-corrected chi connectivity index (χ0v) is 18.2. The minimum Gasteiger partial charge on any atom is -0.496 e. The van der Waals surface area contributed by atoms with Gasteiger partial charge in [0.25, 0.3) is 11.8 Å². The van der Waals surface area contributed by atoms with Gasteiger partial charge in [0.15, 0.2) is 0 Å². The quantitative estimate of drug-likeness (QED) is 0.646. The van der Waals surface area contributed by atoms with Crippen LogP contribution < -0.4 is 4.74 Å². The highest BCUT2D eigenvalue weighted by Gasteiger charge is 2.42. The molecule has 2 aromatic rings. The van der Waals surface area contributed by atoms with Crippen molar-refractivity contribution in [2.75, 3.05) is 39.8 Å². The number of carbonyl (C=O) groups excluding carboxylic acids is 2. The number of hydrogen-bond donors (Lipinski definition) is 0. The van der Waals surface area contributed by atoms with Gasteiger partial charge < -0.3 is 9.64 Å². The summed E-state index contributed by atoms with van der Waals surface area (Å²) in [7, 11) is 1.59. The molecule has 1 saturated heterocycles. The van der Waals surface area contributed by atoms with E-state index in [4.69, 9.17) is 4.74 Å². The number of nitrogens with zero attached hydrogens (tertiary/aromatic N) is 3. The Balaban J connectivity index is 1.61. The van der Waals surface area contributed by atoms with Gasteiger partial charge in [-0.25, -0.2) is 0 Å². The Bertz CT molecular complexity index is 979. The highest BCUT2D eigenvalue weighted by molar-refractivity contribution is 6.36. The Labute approximate surface area is 183 Å². The van der Waals surface area contributed by atoms with Crippen LogP contribution in [0.4, 0.5) is 0 Å². The van der Waals surface area contributed by atoms with Gasteiger partial charge in [-0.05, 0) is 18.1 Å². The van der Waals surface area contributed by atoms with E-state index in [1.165, 1.54) is 10.5 Å². The Kier molecular flexibility index (Phi) is 6.37. The molecule has 0 aliphatic carbocycles. The van der Waals surface area contributed by atoms with Crippen molar-refractivity contribution in [3.05, 3.63) is 71.4 Å². The second-order valence-corrected chi connectivity index (χ2v) is 7.93. The molecule has 1 fully saturated rings. The average molecular weight is 420 g/mol. The van der Waals surface area contributed by atoms with Crippen molar-refractivity contribution >= 4 is 17.4 Å². The van der Waals surface area contributed by atoms with E-state index in [9.17, 15) is 9.59 Å². The number of rotatable bonds is 7. The number of amides is 2. The van der Waals surface area contributed by atoms with Gasteiger partial charge in [-0.2, -0.15) is 0 Å². The number of ether oxygens (including phenoxy) is 1. The first kappa shape index (κ1) is 21.1. The molecule has 0 atom stereocenters. The Morgan fingerprint density at radius 2 is 1.55 bits per heavy atom. The number of hydrogen-bond acceptors (Lipinski definition) is 5. The van der Waals surface area contributed by atoms with Crippen molar-refractivity contribution < 1.29 is 14.3 Å². The standard InChI is InChI=1S/C25H29N3O3/c1-3-13-28-24(29)22(20-11-7-8-12-21(20)31-2)23(25(28)30)27-16-14-26(15-17-27)18-19-9-5-4-6-10-19/h4-12H,3,13-18H2,1-2H3. The van der Waals surface area contributed by atoms with E-state index in [1.807, 2.05) is 37.3 Å². The lowest BCUT2D eigenvalue weighted by Gasteiger charge is -2.36. The predicted octanol–water partition coefficient (Wildman–Crippen LogP) is 3.00. The first-order chi connectivity index (χ1) is 15.1. The maximum Gasteiger partial charge on any atom is 0.277 e. The smallest absolute Gasteiger partial charge is 0.277 e. The largest absolute Gasteiger partial charge is 0.496 e. The minimum atomic E-state index is -0.224. The van der Waals surface area contributed by atoms with Crippen molar-refractivity contribution in [1.82, 2.24) is 14.7 Å². The molecule has 0 bridgehead atoms. The van der Waals surface area contributed by atoms with E-state index in [2.05, 4.69) is 34.1 Å². The summed E-state index contributed by atoms with van der Waals surface area (Å²) < 4.78 is 5.51. The molecule has 2 aromatic carbocycles. The van der Waals surface area contributed by atoms with Crippen LogP contribution in [0, 0.1) is 0 Å². The lowest BCUT2D eigenvalue weighted by Crippen LogP contribution is -2.47. The second kappa shape index (κ2) is 9.35. The number of methoxy groups -OCH3 is 1. The SMILES string of the molecule is CCCN1C(=O)C(c2ccccc2OC)=C(N2CCN(Cc3ccccc3)CC2)C1=O. The summed E-state index contributed by atoms with van der Waals surface area (Å²) in [6.07, 6.45) is 0.731. The number of carbonyl (C=O) groups is 2. The topological polar surface area (TPSA) is 53.1 Å². The molecule has 6 heteroatoms. The maximum atomic E-state index is 13.3. The normalized spacial score (nSPS) is 17.6. The number of para-hydroxylation sites is 1. The van der Waals surface area contributed by atoms with Gasteiger partial charge in [-0.3, -0.25) is 19.4 Å². The third kappa shape index (κ3) is 4.21. The van der Waals surface area contributed by atoms with Gasteiger partial charge in [-0.15, -0.1) is 0 Å². The van der Waals surface area contributed by atoms with Crippen LogP contribution in [0.1, 0.15) is 24.5 Å². The fourth-order valence-electron chi connectivity index (χ4n) is 4.35. The highest BCUT2D eigenvalue weighted by atomic mass is 16.5. The van der Waals surface area contributed by atoms with Crippen LogP contribution in [0.25, 0.3) is 5.57 Å². The molecule has 31 heavy (non-hydrogen) atoms. The molecule has 0 aromatic heterocycles. The van der Waals surface area contributed by atoms with Crippen LogP contribution in [0.15, 0.2) is 60.3 Å². The molecule has 2 aliphatic rings. The number of benzene rings is 2. The van der Waals surface area contributed by atoms with Gasteiger partial charge >= 0.3 is 0 Å². The average Bonchev–Trinajstić information content (AvgIpc) is 3.05. The molecule has 0 radical (unpaired) electrons. The fourth-order valence-corrected chi connectivity index (χ4v) is 4.35. The number of piperazine rings is 1. The molecule has 2 amide bonds. The van der Waals surface area contributed by atoms with E-state index in [-0.39, 0.29) is 11.8 Å². The molecular formula is C25H29N3O3. The Morgan fingerprint density at radius 3 is 2.23 bits per heavy atom. The van der Waals surface area contributed by atoms with Gasteiger partial charge in [0.05, 0.1) is 12.7 Å². The van der Waals surface area contributed by atoms with Crippen LogP contribution >= 0.6 is 0 Å². The first-order valence-corrected chi connectivity index (χ1v) is 10.9. The molecule has 0 spiro atoms. The van der Waals surface area contributed by atoms with Crippen molar-refractivity contribution in [3.8, 4) is 5.75 Å². The molecule has 0 saturated carbocycles. The van der Waals surface area contributed by atoms with E-state index >= 15 is 0 Å². The summed E-state index contributed by atoms with van der Waals surface area (Å²) in [5.41, 5.74) is 2.95. The van der Waals surface area contributed by atoms with E-state index in [0.29, 0.717) is 42.2 Å². The summed E-state index contributed by atoms with van der Waals surface area (Å²) in [5.74, 6) is 0.194. The van der Waals surface area contributed by atoms with E-state index in [0.717, 1.165) is 26.1 Å². The van der Waals surface area contributed by atoms with Crippen molar-refractivity contribution in [1.29, 1.82) is 0 Å². The maximum absolute atomic E-state index is 13.3. The van der Waals surface area contributed by atoms with Crippen molar-refractivity contribution in [3.63, 3.8) is 0 Å². The predicted molar refractivity (Wildman–Crippen MR) is 120 cm³/mol. The molecule has 2 aliphatic heterocycles. The summed E-state index contributed by atoms with van der Waals surface area (Å²) >= 11 is 0. The summed E-state index contributed by atoms with van der Waals surface area (Å²) in [6.45, 7) is 6.39. The summed E-state index contributed by atoms with van der Waals surface area (Å²) in [5, 5.41) is 0. The van der Waals surface area contributed by atoms with Crippen molar-refractivity contribution in [2.45, 2.75) is 19.9 Å². The molecule has 6 nitrogen and oxygen atoms in total. The third-order valence-electron chi connectivity index (χ3n) is 5.90. The second-order valence-electron chi connectivity index (χ2n) is 7.93. The summed E-state index contributed by atoms with van der Waals surface area (Å²) in [6, 6.07) is 17.8. The molecule has 2 heterocycles. The zero-order valence-electron chi connectivity index (χ0n) is 18.2. The van der Waals surface area contributed by atoms with E-state index < -0.39 is 0 Å². The lowest BCUT2D eigenvalue weighted by atomic mass is 10.0. The lowest BCUT2D eigenvalue weighted by molar-refractivity contribution is -0.137. The molecule has 0 unspecified atom stereocenters. The van der Waals surface area contributed by atoms with Crippen LogP contribution in [-0.2, 0) is 16.1 Å². The van der Waals surface area contributed by atoms with Gasteiger partial charge in [0.2, 0.25) is 0 Å². The first-order valence-electron chi connectivity index (χ1n) is 10.9. The van der Waals surface area contributed by atoms with E-state index in [1.54, 1.807) is 7.11 Å². The van der Waals surface area contributed by atoms with Crippen LogP contribution in [0.2, 0.25) is 0 Å². The fraction of sp³-hybridized carbons (Fsp3) is 0.360. The molecule has 0 N–H and O–H groups in total. The summed E-state index contributed by atoms with van der Waals surface area (Å²) in [4.78, 5) is 32.5. The number of imide groups is 1. The van der Waals surface area contributed by atoms with Crippen LogP contribution in [-0.4, -0.2) is 66.3 Å². The molecular weight excluding hydrogens is 390 g/mol. The van der Waals surface area contributed by atoms with Crippen LogP contribution in [0.5, 0.6) is 5.75 Å². The van der Waals surface area contributed by atoms with Crippen molar-refractivity contribution in [2.24, 2.45) is 0 Å². The minimum absolute atomic E-state index is 0.190. The highest BCUT2D eigenvalue weighted by Crippen LogP contribution is 2.36. The monoisotopic (exact) mass is 419 g/mol. The zero-order chi connectivity index (χ0) is 21.8. The van der Waals surface area contributed by atoms with Gasteiger partial charge in [-0.1, -0.05) is 55.5 Å². The Hall–Kier alpha value is -3.12. The van der Waals surface area contributed by atoms with Gasteiger partial charge in [0.1, 0.15) is 11.4 Å². The molecule has 162 valence electrons. The van der Waals surface area contributed by atoms with Crippen LogP contribution in [0.3, 0.4) is 0 Å². The Morgan fingerprint density at radius 1 is 0.871 bits per heavy atom. The van der Waals surface area contributed by atoms with Gasteiger partial charge in [0, 0.05) is 44.8 Å². The molecule has 4 rings (SSSR count). The third-order valence-corrected chi connectivity index (χ3v) is 5.90.